The van der Waals surface area contributed by atoms with Crippen LogP contribution in [0.1, 0.15) is 31.1 Å². The number of rotatable bonds is 4. The smallest absolute Gasteiger partial charge is 0.338 e. The van der Waals surface area contributed by atoms with Gasteiger partial charge in [0.15, 0.2) is 0 Å². The van der Waals surface area contributed by atoms with Gasteiger partial charge < -0.3 is 15.8 Å². The van der Waals surface area contributed by atoms with Gasteiger partial charge in [-0.25, -0.2) is 4.79 Å². The molecule has 0 heterocycles. The van der Waals surface area contributed by atoms with Gasteiger partial charge in [0.1, 0.15) is 0 Å². The third-order valence-electron chi connectivity index (χ3n) is 2.24. The SMILES string of the molecule is CCOC(=O)c1ccc(NC(=O)C(C)(C)N)cc1. The van der Waals surface area contributed by atoms with Gasteiger partial charge in [0.2, 0.25) is 5.91 Å². The van der Waals surface area contributed by atoms with E-state index in [-0.39, 0.29) is 11.9 Å². The van der Waals surface area contributed by atoms with E-state index < -0.39 is 5.54 Å². The Kier molecular flexibility index (Phi) is 4.44. The van der Waals surface area contributed by atoms with Gasteiger partial charge in [-0.2, -0.15) is 0 Å². The number of ether oxygens (including phenoxy) is 1. The van der Waals surface area contributed by atoms with Crippen LogP contribution in [0.3, 0.4) is 0 Å². The third kappa shape index (κ3) is 3.85. The number of anilines is 1. The summed E-state index contributed by atoms with van der Waals surface area (Å²) in [5, 5.41) is 2.66. The van der Waals surface area contributed by atoms with Crippen LogP contribution in [-0.2, 0) is 9.53 Å². The van der Waals surface area contributed by atoms with Crippen LogP contribution < -0.4 is 11.1 Å². The molecule has 3 N–H and O–H groups in total. The van der Waals surface area contributed by atoms with E-state index in [1.54, 1.807) is 45.0 Å². The number of amides is 1. The zero-order chi connectivity index (χ0) is 13.8. The highest BCUT2D eigenvalue weighted by atomic mass is 16.5. The van der Waals surface area contributed by atoms with Crippen LogP contribution >= 0.6 is 0 Å². The van der Waals surface area contributed by atoms with E-state index >= 15 is 0 Å². The molecule has 1 amide bonds. The van der Waals surface area contributed by atoms with Crippen molar-refractivity contribution < 1.29 is 14.3 Å². The molecule has 0 saturated carbocycles. The molecular formula is C13H18N2O3. The largest absolute Gasteiger partial charge is 0.462 e. The van der Waals surface area contributed by atoms with Crippen LogP contribution in [0, 0.1) is 0 Å². The lowest BCUT2D eigenvalue weighted by Crippen LogP contribution is -2.45. The highest BCUT2D eigenvalue weighted by Crippen LogP contribution is 2.12. The minimum Gasteiger partial charge on any atom is -0.462 e. The number of carbonyl (C=O) groups excluding carboxylic acids is 2. The summed E-state index contributed by atoms with van der Waals surface area (Å²) in [7, 11) is 0. The van der Waals surface area contributed by atoms with Crippen LogP contribution in [0.4, 0.5) is 5.69 Å². The predicted octanol–water partition coefficient (Wildman–Crippen LogP) is 1.54. The summed E-state index contributed by atoms with van der Waals surface area (Å²) < 4.78 is 4.86. The van der Waals surface area contributed by atoms with Gasteiger partial charge in [-0.15, -0.1) is 0 Å². The molecule has 5 heteroatoms. The van der Waals surface area contributed by atoms with Crippen molar-refractivity contribution in [3.05, 3.63) is 29.8 Å². The average molecular weight is 250 g/mol. The molecule has 0 aliphatic heterocycles. The zero-order valence-corrected chi connectivity index (χ0v) is 10.8. The van der Waals surface area contributed by atoms with Crippen LogP contribution in [-0.4, -0.2) is 24.0 Å². The summed E-state index contributed by atoms with van der Waals surface area (Å²) in [6.45, 7) is 5.32. The molecule has 0 atom stereocenters. The summed E-state index contributed by atoms with van der Waals surface area (Å²) in [5.74, 6) is -0.666. The highest BCUT2D eigenvalue weighted by Gasteiger charge is 2.21. The Morgan fingerprint density at radius 3 is 2.28 bits per heavy atom. The number of nitrogens with two attached hydrogens (primary N) is 1. The lowest BCUT2D eigenvalue weighted by Gasteiger charge is -2.17. The minimum atomic E-state index is -0.945. The predicted molar refractivity (Wildman–Crippen MR) is 69.3 cm³/mol. The van der Waals surface area contributed by atoms with Crippen molar-refractivity contribution in [3.63, 3.8) is 0 Å². The number of esters is 1. The molecule has 0 aromatic heterocycles. The van der Waals surface area contributed by atoms with Crippen LogP contribution in [0.25, 0.3) is 0 Å². The van der Waals surface area contributed by atoms with E-state index in [0.29, 0.717) is 17.9 Å². The number of carbonyl (C=O) groups is 2. The van der Waals surface area contributed by atoms with Crippen molar-refractivity contribution in [2.45, 2.75) is 26.3 Å². The van der Waals surface area contributed by atoms with E-state index in [4.69, 9.17) is 10.5 Å². The fourth-order valence-electron chi connectivity index (χ4n) is 1.20. The van der Waals surface area contributed by atoms with Gasteiger partial charge in [0.05, 0.1) is 17.7 Å². The summed E-state index contributed by atoms with van der Waals surface area (Å²) in [5.41, 5.74) is 5.75. The monoisotopic (exact) mass is 250 g/mol. The first-order valence-electron chi connectivity index (χ1n) is 5.72. The molecule has 0 bridgehead atoms. The Morgan fingerprint density at radius 2 is 1.83 bits per heavy atom. The first-order valence-corrected chi connectivity index (χ1v) is 5.72. The van der Waals surface area contributed by atoms with E-state index in [1.807, 2.05) is 0 Å². The van der Waals surface area contributed by atoms with Gasteiger partial charge in [-0.05, 0) is 45.0 Å². The maximum atomic E-state index is 11.6. The fraction of sp³-hybridized carbons (Fsp3) is 0.385. The molecule has 18 heavy (non-hydrogen) atoms. The maximum Gasteiger partial charge on any atom is 0.338 e. The maximum absolute atomic E-state index is 11.6. The van der Waals surface area contributed by atoms with Crippen molar-refractivity contribution in [1.82, 2.24) is 0 Å². The molecule has 0 aliphatic carbocycles. The molecule has 1 rings (SSSR count). The van der Waals surface area contributed by atoms with Crippen LogP contribution in [0.15, 0.2) is 24.3 Å². The first kappa shape index (κ1) is 14.2. The number of hydrogen-bond donors (Lipinski definition) is 2. The quantitative estimate of drug-likeness (QED) is 0.794. The standard InChI is InChI=1S/C13H18N2O3/c1-4-18-11(16)9-5-7-10(8-6-9)15-12(17)13(2,3)14/h5-8H,4,14H2,1-3H3,(H,15,17). The Bertz CT molecular complexity index is 433. The summed E-state index contributed by atoms with van der Waals surface area (Å²) in [6.07, 6.45) is 0. The van der Waals surface area contributed by atoms with Gasteiger partial charge in [0, 0.05) is 5.69 Å². The van der Waals surface area contributed by atoms with Crippen molar-refractivity contribution in [2.24, 2.45) is 5.73 Å². The normalized spacial score (nSPS) is 10.9. The Labute approximate surface area is 106 Å². The highest BCUT2D eigenvalue weighted by molar-refractivity contribution is 5.97. The summed E-state index contributed by atoms with van der Waals surface area (Å²) in [6, 6.07) is 6.46. The molecule has 1 aromatic carbocycles. The van der Waals surface area contributed by atoms with Crippen LogP contribution in [0.2, 0.25) is 0 Å². The molecule has 5 nitrogen and oxygen atoms in total. The van der Waals surface area contributed by atoms with E-state index in [0.717, 1.165) is 0 Å². The van der Waals surface area contributed by atoms with Crippen molar-refractivity contribution >= 4 is 17.6 Å². The topological polar surface area (TPSA) is 81.4 Å². The van der Waals surface area contributed by atoms with Gasteiger partial charge in [-0.1, -0.05) is 0 Å². The second-order valence-electron chi connectivity index (χ2n) is 4.47. The average Bonchev–Trinajstić information content (AvgIpc) is 2.29. The summed E-state index contributed by atoms with van der Waals surface area (Å²) >= 11 is 0. The Hall–Kier alpha value is -1.88. The van der Waals surface area contributed by atoms with Gasteiger partial charge in [0.25, 0.3) is 0 Å². The molecule has 0 aliphatic rings. The molecule has 0 unspecified atom stereocenters. The van der Waals surface area contributed by atoms with Crippen molar-refractivity contribution in [1.29, 1.82) is 0 Å². The molecule has 1 aromatic rings. The molecule has 0 fully saturated rings. The molecule has 0 spiro atoms. The minimum absolute atomic E-state index is 0.286. The molecule has 0 saturated heterocycles. The fourth-order valence-corrected chi connectivity index (χ4v) is 1.20. The lowest BCUT2D eigenvalue weighted by atomic mass is 10.1. The van der Waals surface area contributed by atoms with E-state index in [9.17, 15) is 9.59 Å². The van der Waals surface area contributed by atoms with Gasteiger partial charge >= 0.3 is 5.97 Å². The second-order valence-corrected chi connectivity index (χ2v) is 4.47. The van der Waals surface area contributed by atoms with Gasteiger partial charge in [-0.3, -0.25) is 4.79 Å². The zero-order valence-electron chi connectivity index (χ0n) is 10.8. The Morgan fingerprint density at radius 1 is 1.28 bits per heavy atom. The van der Waals surface area contributed by atoms with E-state index in [1.165, 1.54) is 0 Å². The first-order chi connectivity index (χ1) is 8.34. The Balaban J connectivity index is 2.72. The second kappa shape index (κ2) is 5.64. The lowest BCUT2D eigenvalue weighted by molar-refractivity contribution is -0.120. The number of nitrogens with one attached hydrogen (secondary N) is 1. The third-order valence-corrected chi connectivity index (χ3v) is 2.24. The number of hydrogen-bond acceptors (Lipinski definition) is 4. The van der Waals surface area contributed by atoms with Crippen molar-refractivity contribution in [2.75, 3.05) is 11.9 Å². The van der Waals surface area contributed by atoms with Crippen molar-refractivity contribution in [3.8, 4) is 0 Å². The van der Waals surface area contributed by atoms with Crippen LogP contribution in [0.5, 0.6) is 0 Å². The molecule has 0 radical (unpaired) electrons. The summed E-state index contributed by atoms with van der Waals surface area (Å²) in [4.78, 5) is 23.0. The van der Waals surface area contributed by atoms with E-state index in [2.05, 4.69) is 5.32 Å². The molecular weight excluding hydrogens is 232 g/mol. The molecule has 98 valence electrons. The number of benzene rings is 1.